The fourth-order valence-electron chi connectivity index (χ4n) is 2.88. The molecule has 0 heterocycles. The molecule has 5 unspecified atom stereocenters. The number of thioether (sulfide) groups is 2. The minimum atomic E-state index is -1.16. The van der Waals surface area contributed by atoms with Crippen molar-refractivity contribution in [1.29, 1.82) is 0 Å². The summed E-state index contributed by atoms with van der Waals surface area (Å²) >= 11 is 2.91. The molecule has 0 rings (SSSR count). The predicted octanol–water partition coefficient (Wildman–Crippen LogP) is -0.329. The van der Waals surface area contributed by atoms with E-state index in [2.05, 4.69) is 16.0 Å². The minimum Gasteiger partial charge on any atom is -0.480 e. The fraction of sp³-hybridized carbons (Fsp3) is 0.762. The van der Waals surface area contributed by atoms with Crippen LogP contribution in [0.5, 0.6) is 0 Å². The second kappa shape index (κ2) is 17.4. The van der Waals surface area contributed by atoms with Crippen LogP contribution in [0.3, 0.4) is 0 Å². The highest BCUT2D eigenvalue weighted by Crippen LogP contribution is 2.09. The molecule has 34 heavy (non-hydrogen) atoms. The molecule has 0 saturated carbocycles. The lowest BCUT2D eigenvalue weighted by molar-refractivity contribution is -0.142. The third kappa shape index (κ3) is 12.5. The van der Waals surface area contributed by atoms with E-state index in [1.165, 1.54) is 23.5 Å². The maximum Gasteiger partial charge on any atom is 0.326 e. The van der Waals surface area contributed by atoms with Gasteiger partial charge < -0.3 is 32.5 Å². The molecule has 13 heteroatoms. The van der Waals surface area contributed by atoms with Crippen molar-refractivity contribution < 1.29 is 29.1 Å². The zero-order valence-electron chi connectivity index (χ0n) is 20.3. The van der Waals surface area contributed by atoms with Crippen LogP contribution in [0.25, 0.3) is 0 Å². The topological polar surface area (TPSA) is 194 Å². The van der Waals surface area contributed by atoms with Gasteiger partial charge in [-0.05, 0) is 49.2 Å². The summed E-state index contributed by atoms with van der Waals surface area (Å²) in [5.41, 5.74) is 11.2. The van der Waals surface area contributed by atoms with E-state index >= 15 is 0 Å². The molecule has 8 N–H and O–H groups in total. The lowest BCUT2D eigenvalue weighted by Gasteiger charge is -2.26. The average molecular weight is 522 g/mol. The molecule has 0 aliphatic heterocycles. The number of hydrogen-bond donors (Lipinski definition) is 6. The van der Waals surface area contributed by atoms with E-state index in [9.17, 15) is 29.1 Å². The molecule has 0 radical (unpaired) electrons. The third-order valence-corrected chi connectivity index (χ3v) is 6.63. The highest BCUT2D eigenvalue weighted by molar-refractivity contribution is 7.98. The molecule has 196 valence electrons. The van der Waals surface area contributed by atoms with Gasteiger partial charge in [-0.1, -0.05) is 20.3 Å². The van der Waals surface area contributed by atoms with Gasteiger partial charge in [0.2, 0.25) is 23.6 Å². The summed E-state index contributed by atoms with van der Waals surface area (Å²) in [6.45, 7) is 3.69. The van der Waals surface area contributed by atoms with Crippen molar-refractivity contribution in [1.82, 2.24) is 16.0 Å². The summed E-state index contributed by atoms with van der Waals surface area (Å²) in [4.78, 5) is 61.1. The van der Waals surface area contributed by atoms with Crippen molar-refractivity contribution in [3.63, 3.8) is 0 Å². The molecule has 0 aromatic heterocycles. The predicted molar refractivity (Wildman–Crippen MR) is 135 cm³/mol. The van der Waals surface area contributed by atoms with Crippen LogP contribution in [0.2, 0.25) is 0 Å². The van der Waals surface area contributed by atoms with Crippen LogP contribution in [-0.2, 0) is 24.0 Å². The zero-order chi connectivity index (χ0) is 26.3. The van der Waals surface area contributed by atoms with Crippen molar-refractivity contribution in [3.8, 4) is 0 Å². The van der Waals surface area contributed by atoms with Gasteiger partial charge in [0.25, 0.3) is 0 Å². The Morgan fingerprint density at radius 3 is 1.71 bits per heavy atom. The molecule has 0 bridgehead atoms. The van der Waals surface area contributed by atoms with Gasteiger partial charge >= 0.3 is 5.97 Å². The first-order valence-corrected chi connectivity index (χ1v) is 13.9. The van der Waals surface area contributed by atoms with Crippen molar-refractivity contribution in [3.05, 3.63) is 0 Å². The summed E-state index contributed by atoms with van der Waals surface area (Å²) in [6, 6.07) is -4.09. The minimum absolute atomic E-state index is 0.0670. The number of carboxylic acid groups (broad SMARTS) is 1. The number of nitrogens with one attached hydrogen (secondary N) is 3. The van der Waals surface area contributed by atoms with Gasteiger partial charge in [-0.3, -0.25) is 19.2 Å². The number of aliphatic carboxylic acids is 1. The maximum absolute atomic E-state index is 13.0. The first-order valence-electron chi connectivity index (χ1n) is 11.1. The smallest absolute Gasteiger partial charge is 0.326 e. The third-order valence-electron chi connectivity index (χ3n) is 5.34. The van der Waals surface area contributed by atoms with Crippen molar-refractivity contribution in [2.45, 2.75) is 70.1 Å². The van der Waals surface area contributed by atoms with Crippen LogP contribution < -0.4 is 27.4 Å². The Bertz CT molecular complexity index is 697. The summed E-state index contributed by atoms with van der Waals surface area (Å²) < 4.78 is 0. The van der Waals surface area contributed by atoms with Crippen molar-refractivity contribution >= 4 is 53.1 Å². The molecule has 0 fully saturated rings. The van der Waals surface area contributed by atoms with Gasteiger partial charge in [0, 0.05) is 6.42 Å². The van der Waals surface area contributed by atoms with Crippen LogP contribution in [0.15, 0.2) is 0 Å². The van der Waals surface area contributed by atoms with E-state index in [4.69, 9.17) is 11.5 Å². The number of carbonyl (C=O) groups excluding carboxylic acids is 4. The molecule has 0 spiro atoms. The highest BCUT2D eigenvalue weighted by Gasteiger charge is 2.31. The van der Waals surface area contributed by atoms with Crippen LogP contribution in [0.1, 0.15) is 46.0 Å². The highest BCUT2D eigenvalue weighted by atomic mass is 32.2. The van der Waals surface area contributed by atoms with Crippen LogP contribution >= 0.6 is 23.5 Å². The SMILES string of the molecule is CCC(C)C(N)C(=O)NC(CCC(N)=O)C(=O)NC(CCSC)C(=O)NC(CCSC)C(=O)O. The number of carbonyl (C=O) groups is 5. The van der Waals surface area contributed by atoms with Crippen molar-refractivity contribution in [2.24, 2.45) is 17.4 Å². The molecule has 5 atom stereocenters. The van der Waals surface area contributed by atoms with Gasteiger partial charge in [0.15, 0.2) is 0 Å². The monoisotopic (exact) mass is 521 g/mol. The number of primary amides is 1. The van der Waals surface area contributed by atoms with E-state index in [1.54, 1.807) is 6.92 Å². The lowest BCUT2D eigenvalue weighted by Crippen LogP contribution is -2.57. The van der Waals surface area contributed by atoms with E-state index in [1.807, 2.05) is 19.4 Å². The van der Waals surface area contributed by atoms with E-state index in [0.29, 0.717) is 17.9 Å². The van der Waals surface area contributed by atoms with Crippen molar-refractivity contribution in [2.75, 3.05) is 24.0 Å². The summed E-state index contributed by atoms with van der Waals surface area (Å²) in [5, 5.41) is 17.0. The zero-order valence-corrected chi connectivity index (χ0v) is 21.9. The Hall–Kier alpha value is -1.99. The molecule has 11 nitrogen and oxygen atoms in total. The van der Waals surface area contributed by atoms with Gasteiger partial charge in [0.05, 0.1) is 6.04 Å². The van der Waals surface area contributed by atoms with Gasteiger partial charge in [-0.15, -0.1) is 0 Å². The summed E-state index contributed by atoms with van der Waals surface area (Å²) in [5.74, 6) is -2.73. The number of nitrogens with two attached hydrogens (primary N) is 2. The van der Waals surface area contributed by atoms with Crippen LogP contribution in [0, 0.1) is 5.92 Å². The molecule has 0 aliphatic rings. The Labute approximate surface area is 209 Å². The Morgan fingerprint density at radius 2 is 1.26 bits per heavy atom. The Morgan fingerprint density at radius 1 is 0.824 bits per heavy atom. The Balaban J connectivity index is 5.52. The number of carboxylic acids is 1. The van der Waals surface area contributed by atoms with Crippen LogP contribution in [0.4, 0.5) is 0 Å². The number of hydrogen-bond acceptors (Lipinski definition) is 8. The quantitative estimate of drug-likeness (QED) is 0.140. The fourth-order valence-corrected chi connectivity index (χ4v) is 3.82. The Kier molecular flexibility index (Phi) is 16.4. The van der Waals surface area contributed by atoms with E-state index in [-0.39, 0.29) is 31.6 Å². The molecule has 4 amide bonds. The molecule has 0 saturated heterocycles. The second-order valence-electron chi connectivity index (χ2n) is 8.00. The molecule has 0 aromatic rings. The molecular formula is C21H39N5O6S2. The standard InChI is InChI=1S/C21H39N5O6S2/c1-5-12(2)17(23)20(30)25-13(6-7-16(22)27)18(28)24-14(8-10-33-3)19(29)26-15(21(31)32)9-11-34-4/h12-15,17H,5-11,23H2,1-4H3,(H2,22,27)(H,24,28)(H,25,30)(H,26,29)(H,31,32). The first kappa shape index (κ1) is 32.0. The summed E-state index contributed by atoms with van der Waals surface area (Å²) in [7, 11) is 0. The van der Waals surface area contributed by atoms with E-state index in [0.717, 1.165) is 0 Å². The largest absolute Gasteiger partial charge is 0.480 e. The molecule has 0 aliphatic carbocycles. The van der Waals surface area contributed by atoms with Gasteiger partial charge in [0.1, 0.15) is 18.1 Å². The second-order valence-corrected chi connectivity index (χ2v) is 9.97. The maximum atomic E-state index is 13.0. The molecular weight excluding hydrogens is 482 g/mol. The summed E-state index contributed by atoms with van der Waals surface area (Å²) in [6.07, 6.45) is 4.58. The lowest BCUT2D eigenvalue weighted by atomic mass is 9.98. The van der Waals surface area contributed by atoms with Gasteiger partial charge in [-0.2, -0.15) is 23.5 Å². The van der Waals surface area contributed by atoms with Crippen LogP contribution in [-0.4, -0.2) is 82.9 Å². The molecule has 0 aromatic carbocycles. The van der Waals surface area contributed by atoms with E-state index < -0.39 is 53.8 Å². The number of amides is 4. The normalized spacial score (nSPS) is 15.3. The van der Waals surface area contributed by atoms with Gasteiger partial charge in [-0.25, -0.2) is 4.79 Å². The first-order chi connectivity index (χ1) is 16.0. The number of rotatable bonds is 18. The average Bonchev–Trinajstić information content (AvgIpc) is 2.79.